The second-order valence-corrected chi connectivity index (χ2v) is 8.15. The fourth-order valence-electron chi connectivity index (χ4n) is 1.66. The topological polar surface area (TPSA) is 65.7 Å². The number of nitrogens with two attached hydrogens (primary N) is 1. The molecule has 0 aliphatic heterocycles. The van der Waals surface area contributed by atoms with Crippen molar-refractivity contribution in [2.24, 2.45) is 5.73 Å². The number of benzene rings is 1. The fraction of sp³-hybridized carbons (Fsp3) is 0.529. The van der Waals surface area contributed by atoms with Gasteiger partial charge in [0.1, 0.15) is 0 Å². The van der Waals surface area contributed by atoms with E-state index >= 15 is 0 Å². The lowest BCUT2D eigenvalue weighted by Crippen LogP contribution is -2.42. The highest BCUT2D eigenvalue weighted by Crippen LogP contribution is 2.13. The van der Waals surface area contributed by atoms with Crippen molar-refractivity contribution in [3.05, 3.63) is 48.7 Å². The van der Waals surface area contributed by atoms with Crippen LogP contribution in [-0.2, 0) is 19.8 Å². The molecule has 0 atom stereocenters. The van der Waals surface area contributed by atoms with Crippen molar-refractivity contribution in [2.75, 3.05) is 33.8 Å². The lowest BCUT2D eigenvalue weighted by Gasteiger charge is -2.23. The average Bonchev–Trinajstić information content (AvgIpc) is 2.64. The summed E-state index contributed by atoms with van der Waals surface area (Å²) in [5.41, 5.74) is 6.64. The highest BCUT2D eigenvalue weighted by Gasteiger charge is 2.36. The summed E-state index contributed by atoms with van der Waals surface area (Å²) in [7, 11) is 2.50. The number of hydrogen-bond acceptors (Lipinski definition) is 5. The van der Waals surface area contributed by atoms with E-state index < -0.39 is 8.80 Å². The molecule has 3 N–H and O–H groups in total. The Morgan fingerprint density at radius 3 is 2.08 bits per heavy atom. The molecule has 0 amide bonds. The van der Waals surface area contributed by atoms with Crippen LogP contribution in [0.3, 0.4) is 0 Å². The molecule has 0 spiro atoms. The van der Waals surface area contributed by atoms with E-state index in [1.165, 1.54) is 5.56 Å². The minimum Gasteiger partial charge on any atom is -0.387 e. The van der Waals surface area contributed by atoms with Gasteiger partial charge in [-0.3, -0.25) is 0 Å². The maximum Gasteiger partial charge on any atom is 1.00 e. The molecule has 0 aromatic heterocycles. The molecule has 0 saturated carbocycles. The second-order valence-electron chi connectivity index (χ2n) is 4.53. The third-order valence-corrected chi connectivity index (χ3v) is 5.75. The van der Waals surface area contributed by atoms with Crippen molar-refractivity contribution in [2.45, 2.75) is 25.9 Å². The van der Waals surface area contributed by atoms with Gasteiger partial charge in [0.05, 0.1) is 0 Å². The van der Waals surface area contributed by atoms with E-state index in [4.69, 9.17) is 30.6 Å². The average molecular weight is 378 g/mol. The highest BCUT2D eigenvalue weighted by atomic mass is 35.5. The van der Waals surface area contributed by atoms with Gasteiger partial charge in [-0.25, -0.2) is 0 Å². The quantitative estimate of drug-likeness (QED) is 0.509. The molecule has 1 aromatic carbocycles. The van der Waals surface area contributed by atoms with E-state index in [9.17, 15) is 0 Å². The summed E-state index contributed by atoms with van der Waals surface area (Å²) in [5.74, 6) is 0.722. The highest BCUT2D eigenvalue weighted by molar-refractivity contribution is 6.60. The zero-order valence-electron chi connectivity index (χ0n) is 16.4. The van der Waals surface area contributed by atoms with E-state index in [1.807, 2.05) is 25.1 Å². The Morgan fingerprint density at radius 2 is 1.71 bits per heavy atom. The Hall–Kier alpha value is -0.893. The van der Waals surface area contributed by atoms with Crippen LogP contribution in [0.2, 0.25) is 6.04 Å². The number of halogens is 1. The zero-order chi connectivity index (χ0) is 18.7. The maximum absolute atomic E-state index is 5.36. The summed E-state index contributed by atoms with van der Waals surface area (Å²) in [5, 5.41) is 3.03. The van der Waals surface area contributed by atoms with E-state index in [-0.39, 0.29) is 1.43 Å². The Kier molecular flexibility index (Phi) is 19.5. The predicted octanol–water partition coefficient (Wildman–Crippen LogP) is 3.49. The number of nitrogens with one attached hydrogen (secondary N) is 1. The summed E-state index contributed by atoms with van der Waals surface area (Å²) >= 11 is 5.00. The van der Waals surface area contributed by atoms with Gasteiger partial charge in [0.2, 0.25) is 0 Å². The minimum absolute atomic E-state index is 0. The van der Waals surface area contributed by atoms with Crippen LogP contribution >= 0.6 is 11.6 Å². The number of hydrogen-bond donors (Lipinski definition) is 2. The van der Waals surface area contributed by atoms with Gasteiger partial charge >= 0.3 is 10.2 Å². The molecule has 0 bridgehead atoms. The smallest absolute Gasteiger partial charge is 0.387 e. The minimum atomic E-state index is -2.32. The lowest BCUT2D eigenvalue weighted by molar-refractivity contribution is 0.123. The van der Waals surface area contributed by atoms with Gasteiger partial charge in [-0.1, -0.05) is 43.8 Å². The Morgan fingerprint density at radius 1 is 1.21 bits per heavy atom. The third kappa shape index (κ3) is 13.5. The molecule has 0 fully saturated rings. The fourth-order valence-corrected chi connectivity index (χ4v) is 3.41. The van der Waals surface area contributed by atoms with Gasteiger partial charge in [-0.2, -0.15) is 0 Å². The van der Waals surface area contributed by atoms with Crippen molar-refractivity contribution in [1.29, 1.82) is 0 Å². The molecule has 0 aliphatic rings. The number of rotatable bonds is 9. The molecule has 24 heavy (non-hydrogen) atoms. The standard InChI is InChI=1S/C9H11N.C6H17NO3Si.C2H5Cl/c1-2-10-8-9-6-4-3-5-7-9;1-8-11(9-2,10-3)6-4-5-7;1-2-3/h2-7,10H,1,8H2;4-7H2,1-3H3;2H2,1H3/p+1. The van der Waals surface area contributed by atoms with Crippen LogP contribution in [-0.4, -0.2) is 42.6 Å². The van der Waals surface area contributed by atoms with Crippen molar-refractivity contribution in [1.82, 2.24) is 5.32 Å². The summed E-state index contributed by atoms with van der Waals surface area (Å²) in [6.07, 6.45) is 2.58. The Balaban J connectivity index is -0.000000324. The summed E-state index contributed by atoms with van der Waals surface area (Å²) in [6.45, 7) is 6.96. The Bertz CT molecular complexity index is 377. The summed E-state index contributed by atoms with van der Waals surface area (Å²) in [6, 6.07) is 11.0. The largest absolute Gasteiger partial charge is 1.00 e. The first-order valence-corrected chi connectivity index (χ1v) is 10.4. The summed E-state index contributed by atoms with van der Waals surface area (Å²) in [4.78, 5) is 0. The molecular weight excluding hydrogens is 344 g/mol. The van der Waals surface area contributed by atoms with Crippen molar-refractivity contribution in [3.8, 4) is 0 Å². The van der Waals surface area contributed by atoms with Crippen LogP contribution in [0.4, 0.5) is 0 Å². The molecule has 0 saturated heterocycles. The van der Waals surface area contributed by atoms with Gasteiger partial charge in [-0.15, -0.1) is 11.6 Å². The van der Waals surface area contributed by atoms with Crippen LogP contribution < -0.4 is 11.1 Å². The van der Waals surface area contributed by atoms with E-state index in [1.54, 1.807) is 27.5 Å². The first-order chi connectivity index (χ1) is 11.6. The lowest BCUT2D eigenvalue weighted by atomic mass is 10.2. The third-order valence-electron chi connectivity index (χ3n) is 2.91. The first kappa shape index (κ1) is 25.3. The van der Waals surface area contributed by atoms with E-state index in [2.05, 4.69) is 24.0 Å². The van der Waals surface area contributed by atoms with Crippen LogP contribution in [0.1, 0.15) is 20.3 Å². The van der Waals surface area contributed by atoms with Crippen LogP contribution in [0.15, 0.2) is 43.1 Å². The van der Waals surface area contributed by atoms with Gasteiger partial charge in [0.15, 0.2) is 0 Å². The molecule has 7 heteroatoms. The van der Waals surface area contributed by atoms with Gasteiger partial charge in [0.25, 0.3) is 0 Å². The first-order valence-electron chi connectivity index (χ1n) is 7.89. The van der Waals surface area contributed by atoms with Crippen molar-refractivity contribution < 1.29 is 14.7 Å². The molecular formula is C17H34ClN2O3Si+. The maximum atomic E-state index is 5.36. The van der Waals surface area contributed by atoms with Gasteiger partial charge in [-0.05, 0) is 24.7 Å². The molecule has 0 aliphatic carbocycles. The SMILES string of the molecule is C=CNCc1ccccc1.CCCl.CO[Si](CCCN)(OC)OC.[H+]. The van der Waals surface area contributed by atoms with E-state index in [0.29, 0.717) is 6.54 Å². The van der Waals surface area contributed by atoms with Crippen molar-refractivity contribution >= 4 is 20.4 Å². The van der Waals surface area contributed by atoms with E-state index in [0.717, 1.165) is 24.9 Å². The predicted molar refractivity (Wildman–Crippen MR) is 106 cm³/mol. The molecule has 5 nitrogen and oxygen atoms in total. The molecule has 0 radical (unpaired) electrons. The number of alkyl halides is 1. The summed E-state index contributed by atoms with van der Waals surface area (Å²) < 4.78 is 15.5. The van der Waals surface area contributed by atoms with Crippen LogP contribution in [0.5, 0.6) is 0 Å². The normalized spacial score (nSPS) is 9.92. The van der Waals surface area contributed by atoms with Gasteiger partial charge in [0, 0.05) is 39.8 Å². The molecule has 0 heterocycles. The molecule has 140 valence electrons. The Labute approximate surface area is 155 Å². The molecule has 0 unspecified atom stereocenters. The van der Waals surface area contributed by atoms with Crippen LogP contribution in [0, 0.1) is 0 Å². The second kappa shape index (κ2) is 18.4. The van der Waals surface area contributed by atoms with Crippen LogP contribution in [0.25, 0.3) is 0 Å². The van der Waals surface area contributed by atoms with Gasteiger partial charge < -0.3 is 24.3 Å². The molecule has 1 aromatic rings. The zero-order valence-corrected chi connectivity index (χ0v) is 17.1. The molecule has 1 rings (SSSR count). The monoisotopic (exact) mass is 377 g/mol. The van der Waals surface area contributed by atoms with Crippen molar-refractivity contribution in [3.63, 3.8) is 0 Å².